The zero-order chi connectivity index (χ0) is 12.5. The molecule has 90 valence electrons. The minimum atomic E-state index is -2.25. The summed E-state index contributed by atoms with van der Waals surface area (Å²) in [5.41, 5.74) is 1.28. The lowest BCUT2D eigenvalue weighted by Gasteiger charge is -2.02. The van der Waals surface area contributed by atoms with Gasteiger partial charge in [-0.15, -0.1) is 0 Å². The standard InChI is InChI=1S/C13H9NO3S/c15-18(16)14-13-9-5-1-3-7-11(9)17-12-8-4-2-6-10(12)13/h1-8H,(H,15,16). The molecule has 1 heterocycles. The molecule has 4 nitrogen and oxygen atoms in total. The zero-order valence-corrected chi connectivity index (χ0v) is 10.1. The van der Waals surface area contributed by atoms with Gasteiger partial charge in [0.2, 0.25) is 0 Å². The molecule has 0 radical (unpaired) electrons. The van der Waals surface area contributed by atoms with Gasteiger partial charge < -0.3 is 4.42 Å². The second kappa shape index (κ2) is 4.36. The molecule has 0 fully saturated rings. The average Bonchev–Trinajstić information content (AvgIpc) is 2.38. The molecular weight excluding hydrogens is 250 g/mol. The molecular formula is C13H9NO3S. The van der Waals surface area contributed by atoms with Gasteiger partial charge >= 0.3 is 0 Å². The van der Waals surface area contributed by atoms with Crippen LogP contribution >= 0.6 is 0 Å². The quantitative estimate of drug-likeness (QED) is 0.539. The average molecular weight is 259 g/mol. The van der Waals surface area contributed by atoms with Gasteiger partial charge in [-0.05, 0) is 24.3 Å². The molecule has 3 rings (SSSR count). The summed E-state index contributed by atoms with van der Waals surface area (Å²) in [4.78, 5) is 0. The van der Waals surface area contributed by atoms with E-state index >= 15 is 0 Å². The largest absolute Gasteiger partial charge is 0.456 e. The summed E-state index contributed by atoms with van der Waals surface area (Å²) in [6, 6.07) is 14.6. The summed E-state index contributed by atoms with van der Waals surface area (Å²) >= 11 is -2.25. The van der Waals surface area contributed by atoms with E-state index in [1.807, 2.05) is 36.4 Å². The maximum atomic E-state index is 11.0. The smallest absolute Gasteiger partial charge is 0.282 e. The minimum absolute atomic E-state index is 0.480. The van der Waals surface area contributed by atoms with E-state index in [-0.39, 0.29) is 0 Å². The lowest BCUT2D eigenvalue weighted by molar-refractivity contribution is 0.565. The Balaban J connectivity index is 2.62. The van der Waals surface area contributed by atoms with Crippen LogP contribution in [0, 0.1) is 0 Å². The molecule has 0 bridgehead atoms. The third-order valence-electron chi connectivity index (χ3n) is 2.67. The highest BCUT2D eigenvalue weighted by molar-refractivity contribution is 7.77. The van der Waals surface area contributed by atoms with Gasteiger partial charge in [-0.2, -0.15) is 4.40 Å². The molecule has 3 aromatic rings. The summed E-state index contributed by atoms with van der Waals surface area (Å²) in [6.45, 7) is 0. The fourth-order valence-electron chi connectivity index (χ4n) is 1.94. The fourth-order valence-corrected chi connectivity index (χ4v) is 2.30. The Morgan fingerprint density at radius 3 is 1.94 bits per heavy atom. The minimum Gasteiger partial charge on any atom is -0.456 e. The molecule has 0 aliphatic carbocycles. The molecule has 1 N–H and O–H groups in total. The van der Waals surface area contributed by atoms with Gasteiger partial charge in [0.1, 0.15) is 11.2 Å². The Hall–Kier alpha value is -1.98. The van der Waals surface area contributed by atoms with Crippen LogP contribution in [0.3, 0.4) is 0 Å². The lowest BCUT2D eigenvalue weighted by atomic mass is 10.1. The van der Waals surface area contributed by atoms with E-state index in [0.717, 1.165) is 10.8 Å². The van der Waals surface area contributed by atoms with Crippen molar-refractivity contribution in [2.45, 2.75) is 0 Å². The Kier molecular flexibility index (Phi) is 2.70. The zero-order valence-electron chi connectivity index (χ0n) is 9.24. The molecule has 0 spiro atoms. The second-order valence-corrected chi connectivity index (χ2v) is 4.41. The third kappa shape index (κ3) is 1.83. The Bertz CT molecular complexity index is 766. The van der Waals surface area contributed by atoms with Gasteiger partial charge in [-0.25, -0.2) is 4.21 Å². The molecule has 0 aliphatic heterocycles. The van der Waals surface area contributed by atoms with Crippen molar-refractivity contribution in [1.82, 2.24) is 0 Å². The molecule has 1 aromatic heterocycles. The summed E-state index contributed by atoms with van der Waals surface area (Å²) in [5.74, 6) is 0. The van der Waals surface area contributed by atoms with Gasteiger partial charge in [0, 0.05) is 10.8 Å². The van der Waals surface area contributed by atoms with E-state index in [9.17, 15) is 4.21 Å². The van der Waals surface area contributed by atoms with Gasteiger partial charge in [0.15, 0.2) is 0 Å². The first-order chi connectivity index (χ1) is 8.75. The number of fused-ring (bicyclic) bond motifs is 2. The number of nitrogens with zero attached hydrogens (tertiary/aromatic N) is 1. The normalized spacial score (nSPS) is 12.7. The van der Waals surface area contributed by atoms with Crippen LogP contribution in [0.25, 0.3) is 21.9 Å². The molecule has 1 unspecified atom stereocenters. The number of rotatable bonds is 1. The topological polar surface area (TPSA) is 62.8 Å². The first kappa shape index (κ1) is 11.1. The first-order valence-corrected chi connectivity index (χ1v) is 6.38. The highest BCUT2D eigenvalue weighted by Crippen LogP contribution is 2.17. The van der Waals surface area contributed by atoms with Crippen LogP contribution in [0.2, 0.25) is 0 Å². The van der Waals surface area contributed by atoms with Crippen LogP contribution in [0.1, 0.15) is 0 Å². The fraction of sp³-hybridized carbons (Fsp3) is 0. The van der Waals surface area contributed by atoms with E-state index < -0.39 is 11.3 Å². The van der Waals surface area contributed by atoms with Gasteiger partial charge in [-0.1, -0.05) is 24.3 Å². The van der Waals surface area contributed by atoms with Crippen LogP contribution in [0.15, 0.2) is 57.3 Å². The molecule has 1 atom stereocenters. The Labute approximate surface area is 105 Å². The van der Waals surface area contributed by atoms with E-state index in [1.165, 1.54) is 0 Å². The lowest BCUT2D eigenvalue weighted by Crippen LogP contribution is -2.06. The molecule has 18 heavy (non-hydrogen) atoms. The van der Waals surface area contributed by atoms with E-state index in [4.69, 9.17) is 8.97 Å². The van der Waals surface area contributed by atoms with Gasteiger partial charge in [0.05, 0.1) is 5.36 Å². The number of benzene rings is 2. The molecule has 0 amide bonds. The first-order valence-electron chi connectivity index (χ1n) is 5.32. The van der Waals surface area contributed by atoms with Crippen molar-refractivity contribution < 1.29 is 13.2 Å². The van der Waals surface area contributed by atoms with Crippen molar-refractivity contribution in [3.63, 3.8) is 0 Å². The molecule has 0 aliphatic rings. The summed E-state index contributed by atoms with van der Waals surface area (Å²) in [7, 11) is 0. The van der Waals surface area contributed by atoms with Crippen LogP contribution in [0.4, 0.5) is 0 Å². The third-order valence-corrected chi connectivity index (χ3v) is 3.01. The SMILES string of the molecule is O=S(O)N=c1c2ccccc2oc2ccccc12. The van der Waals surface area contributed by atoms with Crippen molar-refractivity contribution in [2.24, 2.45) is 4.40 Å². The number of para-hydroxylation sites is 2. The summed E-state index contributed by atoms with van der Waals surface area (Å²) in [5, 5.41) is 1.92. The summed E-state index contributed by atoms with van der Waals surface area (Å²) in [6.07, 6.45) is 0. The van der Waals surface area contributed by atoms with Crippen molar-refractivity contribution in [3.05, 3.63) is 53.9 Å². The van der Waals surface area contributed by atoms with Crippen molar-refractivity contribution in [2.75, 3.05) is 0 Å². The molecule has 5 heteroatoms. The molecule has 0 saturated heterocycles. The van der Waals surface area contributed by atoms with E-state index in [1.54, 1.807) is 12.1 Å². The highest BCUT2D eigenvalue weighted by Gasteiger charge is 2.05. The number of hydrogen-bond donors (Lipinski definition) is 1. The maximum Gasteiger partial charge on any atom is 0.282 e. The van der Waals surface area contributed by atoms with Crippen LogP contribution in [0.5, 0.6) is 0 Å². The van der Waals surface area contributed by atoms with Crippen molar-refractivity contribution in [1.29, 1.82) is 0 Å². The van der Waals surface area contributed by atoms with Crippen LogP contribution in [-0.4, -0.2) is 8.76 Å². The number of hydrogen-bond acceptors (Lipinski definition) is 2. The van der Waals surface area contributed by atoms with Gasteiger partial charge in [-0.3, -0.25) is 4.55 Å². The van der Waals surface area contributed by atoms with Crippen LogP contribution in [-0.2, 0) is 11.3 Å². The Morgan fingerprint density at radius 1 is 0.944 bits per heavy atom. The Morgan fingerprint density at radius 2 is 1.44 bits per heavy atom. The van der Waals surface area contributed by atoms with Crippen LogP contribution < -0.4 is 5.36 Å². The highest BCUT2D eigenvalue weighted by atomic mass is 32.2. The molecule has 2 aromatic carbocycles. The molecule has 0 saturated carbocycles. The predicted octanol–water partition coefficient (Wildman–Crippen LogP) is 2.62. The van der Waals surface area contributed by atoms with Crippen molar-refractivity contribution in [3.8, 4) is 0 Å². The summed E-state index contributed by atoms with van der Waals surface area (Å²) < 4.78 is 29.5. The monoisotopic (exact) mass is 259 g/mol. The van der Waals surface area contributed by atoms with Gasteiger partial charge in [0.25, 0.3) is 11.3 Å². The van der Waals surface area contributed by atoms with Crippen molar-refractivity contribution >= 4 is 33.2 Å². The maximum absolute atomic E-state index is 11.0. The predicted molar refractivity (Wildman–Crippen MR) is 70.1 cm³/mol. The second-order valence-electron chi connectivity index (χ2n) is 3.76. The van der Waals surface area contributed by atoms with E-state index in [0.29, 0.717) is 16.5 Å². The van der Waals surface area contributed by atoms with E-state index in [2.05, 4.69) is 4.40 Å².